The predicted molar refractivity (Wildman–Crippen MR) is 66.1 cm³/mol. The van der Waals surface area contributed by atoms with Crippen molar-refractivity contribution in [3.05, 3.63) is 58.3 Å². The van der Waals surface area contributed by atoms with Crippen molar-refractivity contribution < 1.29 is 0 Å². The van der Waals surface area contributed by atoms with Crippen LogP contribution < -0.4 is 5.73 Å². The molecule has 2 N–H and O–H groups in total. The van der Waals surface area contributed by atoms with Gasteiger partial charge in [-0.2, -0.15) is 0 Å². The zero-order valence-electron chi connectivity index (χ0n) is 8.60. The third-order valence-electron chi connectivity index (χ3n) is 2.38. The molecule has 0 aliphatic rings. The first kappa shape index (κ1) is 10.4. The summed E-state index contributed by atoms with van der Waals surface area (Å²) in [6.45, 7) is 0. The van der Waals surface area contributed by atoms with E-state index in [-0.39, 0.29) is 6.04 Å². The van der Waals surface area contributed by atoms with Gasteiger partial charge in [0.25, 0.3) is 0 Å². The molecule has 0 spiro atoms. The van der Waals surface area contributed by atoms with Gasteiger partial charge in [0.15, 0.2) is 0 Å². The molecule has 0 aliphatic carbocycles. The number of hydrogen-bond donors (Lipinski definition) is 1. The molecule has 0 amide bonds. The summed E-state index contributed by atoms with van der Waals surface area (Å²) in [5, 5.41) is 2.10. The van der Waals surface area contributed by atoms with Crippen molar-refractivity contribution in [3.63, 3.8) is 0 Å². The first-order valence-electron chi connectivity index (χ1n) is 5.16. The molecule has 78 valence electrons. The van der Waals surface area contributed by atoms with Crippen LogP contribution >= 0.6 is 11.3 Å². The summed E-state index contributed by atoms with van der Waals surface area (Å²) in [4.78, 5) is 1.37. The van der Waals surface area contributed by atoms with Gasteiger partial charge >= 0.3 is 0 Å². The normalized spacial score (nSPS) is 12.6. The van der Waals surface area contributed by atoms with Crippen LogP contribution in [0.3, 0.4) is 0 Å². The molecule has 1 atom stereocenters. The SMILES string of the molecule is NC(Cc1ccccc1)Cc1cccs1. The first-order chi connectivity index (χ1) is 7.34. The van der Waals surface area contributed by atoms with Gasteiger partial charge in [0, 0.05) is 10.9 Å². The maximum absolute atomic E-state index is 6.10. The van der Waals surface area contributed by atoms with Crippen molar-refractivity contribution in [1.29, 1.82) is 0 Å². The van der Waals surface area contributed by atoms with E-state index in [4.69, 9.17) is 5.73 Å². The lowest BCUT2D eigenvalue weighted by Gasteiger charge is -2.09. The molecule has 0 saturated carbocycles. The molecule has 15 heavy (non-hydrogen) atoms. The van der Waals surface area contributed by atoms with Gasteiger partial charge in [0.05, 0.1) is 0 Å². The number of hydrogen-bond acceptors (Lipinski definition) is 2. The molecule has 1 nitrogen and oxygen atoms in total. The van der Waals surface area contributed by atoms with Crippen LogP contribution in [-0.2, 0) is 12.8 Å². The Labute approximate surface area is 94.6 Å². The number of rotatable bonds is 4. The Bertz CT molecular complexity index is 380. The van der Waals surface area contributed by atoms with Crippen molar-refractivity contribution in [3.8, 4) is 0 Å². The largest absolute Gasteiger partial charge is 0.327 e. The molecular weight excluding hydrogens is 202 g/mol. The molecule has 0 saturated heterocycles. The Morgan fingerprint density at radius 2 is 1.80 bits per heavy atom. The highest BCUT2D eigenvalue weighted by Crippen LogP contribution is 2.12. The lowest BCUT2D eigenvalue weighted by molar-refractivity contribution is 0.671. The third-order valence-corrected chi connectivity index (χ3v) is 3.28. The minimum Gasteiger partial charge on any atom is -0.327 e. The summed E-state index contributed by atoms with van der Waals surface area (Å²) in [6.07, 6.45) is 1.94. The second-order valence-corrected chi connectivity index (χ2v) is 4.77. The fourth-order valence-corrected chi connectivity index (χ4v) is 2.48. The summed E-state index contributed by atoms with van der Waals surface area (Å²) in [7, 11) is 0. The van der Waals surface area contributed by atoms with E-state index in [1.165, 1.54) is 10.4 Å². The van der Waals surface area contributed by atoms with Gasteiger partial charge in [-0.05, 0) is 29.9 Å². The van der Waals surface area contributed by atoms with Crippen molar-refractivity contribution in [2.75, 3.05) is 0 Å². The highest BCUT2D eigenvalue weighted by molar-refractivity contribution is 7.09. The van der Waals surface area contributed by atoms with Gasteiger partial charge in [0.1, 0.15) is 0 Å². The molecule has 0 fully saturated rings. The summed E-state index contributed by atoms with van der Waals surface area (Å²) >= 11 is 1.78. The second kappa shape index (κ2) is 5.10. The third kappa shape index (κ3) is 3.18. The molecule has 1 aromatic heterocycles. The van der Waals surface area contributed by atoms with Gasteiger partial charge in [-0.15, -0.1) is 11.3 Å². The van der Waals surface area contributed by atoms with Gasteiger partial charge < -0.3 is 5.73 Å². The Morgan fingerprint density at radius 1 is 1.00 bits per heavy atom. The van der Waals surface area contributed by atoms with Crippen molar-refractivity contribution in [2.45, 2.75) is 18.9 Å². The minimum atomic E-state index is 0.228. The standard InChI is InChI=1S/C13H15NS/c14-12(10-13-7-4-8-15-13)9-11-5-2-1-3-6-11/h1-8,12H,9-10,14H2. The maximum Gasteiger partial charge on any atom is 0.0128 e. The monoisotopic (exact) mass is 217 g/mol. The van der Waals surface area contributed by atoms with Crippen LogP contribution in [0.15, 0.2) is 47.8 Å². The van der Waals surface area contributed by atoms with Crippen LogP contribution in [0.25, 0.3) is 0 Å². The fourth-order valence-electron chi connectivity index (χ4n) is 1.68. The quantitative estimate of drug-likeness (QED) is 0.837. The van der Waals surface area contributed by atoms with E-state index in [1.54, 1.807) is 11.3 Å². The van der Waals surface area contributed by atoms with E-state index in [1.807, 2.05) is 6.07 Å². The van der Waals surface area contributed by atoms with Crippen LogP contribution in [0.4, 0.5) is 0 Å². The van der Waals surface area contributed by atoms with Crippen molar-refractivity contribution >= 4 is 11.3 Å². The number of nitrogens with two attached hydrogens (primary N) is 1. The lowest BCUT2D eigenvalue weighted by atomic mass is 10.0. The van der Waals surface area contributed by atoms with Crippen LogP contribution in [-0.4, -0.2) is 6.04 Å². The molecule has 2 aromatic rings. The zero-order valence-corrected chi connectivity index (χ0v) is 9.41. The van der Waals surface area contributed by atoms with E-state index >= 15 is 0 Å². The van der Waals surface area contributed by atoms with Crippen molar-refractivity contribution in [2.24, 2.45) is 5.73 Å². The molecule has 0 aliphatic heterocycles. The molecule has 2 rings (SSSR count). The molecule has 0 radical (unpaired) electrons. The van der Waals surface area contributed by atoms with Crippen LogP contribution in [0.1, 0.15) is 10.4 Å². The zero-order chi connectivity index (χ0) is 10.5. The Morgan fingerprint density at radius 3 is 2.47 bits per heavy atom. The lowest BCUT2D eigenvalue weighted by Crippen LogP contribution is -2.24. The van der Waals surface area contributed by atoms with Gasteiger partial charge in [-0.25, -0.2) is 0 Å². The van der Waals surface area contributed by atoms with Gasteiger partial charge in [-0.1, -0.05) is 36.4 Å². The highest BCUT2D eigenvalue weighted by atomic mass is 32.1. The molecular formula is C13H15NS. The predicted octanol–water partition coefficient (Wildman–Crippen LogP) is 2.86. The average Bonchev–Trinajstić information content (AvgIpc) is 2.71. The maximum atomic E-state index is 6.10. The van der Waals surface area contributed by atoms with Crippen molar-refractivity contribution in [1.82, 2.24) is 0 Å². The Kier molecular flexibility index (Phi) is 3.54. The van der Waals surface area contributed by atoms with Gasteiger partial charge in [0.2, 0.25) is 0 Å². The fraction of sp³-hybridized carbons (Fsp3) is 0.231. The first-order valence-corrected chi connectivity index (χ1v) is 6.04. The number of benzene rings is 1. The average molecular weight is 217 g/mol. The smallest absolute Gasteiger partial charge is 0.0128 e. The van der Waals surface area contributed by atoms with Crippen LogP contribution in [0.5, 0.6) is 0 Å². The van der Waals surface area contributed by atoms with E-state index in [9.17, 15) is 0 Å². The van der Waals surface area contributed by atoms with Crippen LogP contribution in [0, 0.1) is 0 Å². The van der Waals surface area contributed by atoms with Crippen LogP contribution in [0.2, 0.25) is 0 Å². The molecule has 0 bridgehead atoms. The molecule has 1 heterocycles. The van der Waals surface area contributed by atoms with Gasteiger partial charge in [-0.3, -0.25) is 0 Å². The minimum absolute atomic E-state index is 0.228. The summed E-state index contributed by atoms with van der Waals surface area (Å²) < 4.78 is 0. The summed E-state index contributed by atoms with van der Waals surface area (Å²) in [5.41, 5.74) is 7.42. The Balaban J connectivity index is 1.90. The topological polar surface area (TPSA) is 26.0 Å². The van der Waals surface area contributed by atoms with E-state index < -0.39 is 0 Å². The summed E-state index contributed by atoms with van der Waals surface area (Å²) in [6, 6.07) is 14.9. The second-order valence-electron chi connectivity index (χ2n) is 3.73. The van der Waals surface area contributed by atoms with E-state index in [0.29, 0.717) is 0 Å². The molecule has 2 heteroatoms. The van der Waals surface area contributed by atoms with E-state index in [2.05, 4.69) is 41.8 Å². The van der Waals surface area contributed by atoms with E-state index in [0.717, 1.165) is 12.8 Å². The Hall–Kier alpha value is -1.12. The number of thiophene rings is 1. The molecule has 1 aromatic carbocycles. The highest BCUT2D eigenvalue weighted by Gasteiger charge is 2.05. The molecule has 1 unspecified atom stereocenters. The summed E-state index contributed by atoms with van der Waals surface area (Å²) in [5.74, 6) is 0.